The Balaban J connectivity index is 2.97. The highest BCUT2D eigenvalue weighted by molar-refractivity contribution is 6.35. The Bertz CT molecular complexity index is 509. The van der Waals surface area contributed by atoms with E-state index in [0.717, 1.165) is 0 Å². The predicted octanol–water partition coefficient (Wildman–Crippen LogP) is 3.29. The minimum atomic E-state index is -0.717. The Morgan fingerprint density at radius 2 is 1.88 bits per heavy atom. The van der Waals surface area contributed by atoms with Crippen LogP contribution in [0.25, 0.3) is 0 Å². The molecule has 0 fully saturated rings. The summed E-state index contributed by atoms with van der Waals surface area (Å²) < 4.78 is 0. The van der Waals surface area contributed by atoms with Crippen LogP contribution < -0.4 is 5.32 Å². The summed E-state index contributed by atoms with van der Waals surface area (Å²) >= 11 is 11.5. The molecule has 0 heterocycles. The number of aliphatic hydroxyl groups excluding tert-OH is 1. The lowest BCUT2D eigenvalue weighted by Gasteiger charge is -2.05. The zero-order valence-electron chi connectivity index (χ0n) is 8.79. The van der Waals surface area contributed by atoms with Crippen molar-refractivity contribution in [3.8, 4) is 6.07 Å². The van der Waals surface area contributed by atoms with Crippen LogP contribution in [0.15, 0.2) is 29.5 Å². The minimum Gasteiger partial charge on any atom is -0.511 e. The number of carbonyl (C=O) groups is 1. The first-order valence-corrected chi connectivity index (χ1v) is 5.27. The number of nitriles is 1. The number of amides is 1. The van der Waals surface area contributed by atoms with E-state index in [9.17, 15) is 4.79 Å². The molecule has 17 heavy (non-hydrogen) atoms. The van der Waals surface area contributed by atoms with Crippen LogP contribution in [-0.2, 0) is 4.79 Å². The van der Waals surface area contributed by atoms with Crippen molar-refractivity contribution in [1.82, 2.24) is 0 Å². The third kappa shape index (κ3) is 3.66. The number of halogens is 2. The molecule has 0 saturated carbocycles. The van der Waals surface area contributed by atoms with Crippen molar-refractivity contribution in [2.45, 2.75) is 6.92 Å². The third-order valence-corrected chi connectivity index (χ3v) is 2.26. The summed E-state index contributed by atoms with van der Waals surface area (Å²) in [6.45, 7) is 1.25. The highest BCUT2D eigenvalue weighted by Crippen LogP contribution is 2.22. The molecule has 1 aromatic carbocycles. The van der Waals surface area contributed by atoms with Gasteiger partial charge < -0.3 is 10.4 Å². The fourth-order valence-corrected chi connectivity index (χ4v) is 1.64. The number of benzene rings is 1. The van der Waals surface area contributed by atoms with E-state index in [2.05, 4.69) is 5.32 Å². The van der Waals surface area contributed by atoms with Crippen molar-refractivity contribution in [3.63, 3.8) is 0 Å². The van der Waals surface area contributed by atoms with Crippen molar-refractivity contribution in [3.05, 3.63) is 39.6 Å². The van der Waals surface area contributed by atoms with Gasteiger partial charge in [-0.05, 0) is 25.1 Å². The van der Waals surface area contributed by atoms with Gasteiger partial charge in [-0.3, -0.25) is 4.79 Å². The van der Waals surface area contributed by atoms with E-state index >= 15 is 0 Å². The van der Waals surface area contributed by atoms with E-state index in [-0.39, 0.29) is 11.3 Å². The molecule has 1 amide bonds. The standard InChI is InChI=1S/C11H8Cl2N2O2/c1-6(16)10(5-14)11(17)15-9-3-7(12)2-8(13)4-9/h2-4,16H,1H3,(H,15,17). The van der Waals surface area contributed by atoms with Crippen LogP contribution in [0.5, 0.6) is 0 Å². The first-order valence-electron chi connectivity index (χ1n) is 4.51. The summed E-state index contributed by atoms with van der Waals surface area (Å²) in [7, 11) is 0. The molecule has 2 N–H and O–H groups in total. The van der Waals surface area contributed by atoms with E-state index in [1.165, 1.54) is 25.1 Å². The van der Waals surface area contributed by atoms with Crippen LogP contribution in [0.1, 0.15) is 6.92 Å². The molecule has 4 nitrogen and oxygen atoms in total. The average Bonchev–Trinajstić information content (AvgIpc) is 2.15. The van der Waals surface area contributed by atoms with Crippen molar-refractivity contribution < 1.29 is 9.90 Å². The van der Waals surface area contributed by atoms with Crippen LogP contribution in [0.2, 0.25) is 10.0 Å². The van der Waals surface area contributed by atoms with E-state index < -0.39 is 5.91 Å². The molecular formula is C11H8Cl2N2O2. The number of rotatable bonds is 2. The van der Waals surface area contributed by atoms with Gasteiger partial charge in [0.15, 0.2) is 5.57 Å². The van der Waals surface area contributed by atoms with Gasteiger partial charge in [0, 0.05) is 15.7 Å². The molecule has 6 heteroatoms. The van der Waals surface area contributed by atoms with E-state index in [0.29, 0.717) is 15.7 Å². The minimum absolute atomic E-state index is 0.349. The van der Waals surface area contributed by atoms with Gasteiger partial charge in [0.25, 0.3) is 5.91 Å². The van der Waals surface area contributed by atoms with Crippen molar-refractivity contribution in [1.29, 1.82) is 5.26 Å². The van der Waals surface area contributed by atoms with Gasteiger partial charge >= 0.3 is 0 Å². The Morgan fingerprint density at radius 1 is 1.35 bits per heavy atom. The molecule has 0 aliphatic carbocycles. The lowest BCUT2D eigenvalue weighted by Crippen LogP contribution is -2.14. The predicted molar refractivity (Wildman–Crippen MR) is 66.0 cm³/mol. The number of hydrogen-bond acceptors (Lipinski definition) is 3. The maximum absolute atomic E-state index is 11.6. The first-order chi connectivity index (χ1) is 7.93. The highest BCUT2D eigenvalue weighted by atomic mass is 35.5. The summed E-state index contributed by atoms with van der Waals surface area (Å²) in [6.07, 6.45) is 0. The number of nitrogens with one attached hydrogen (secondary N) is 1. The second-order valence-corrected chi connectivity index (χ2v) is 4.06. The zero-order chi connectivity index (χ0) is 13.0. The molecule has 1 rings (SSSR count). The quantitative estimate of drug-likeness (QED) is 0.492. The van der Waals surface area contributed by atoms with Crippen LogP contribution >= 0.6 is 23.2 Å². The Kier molecular flexibility index (Phi) is 4.38. The van der Waals surface area contributed by atoms with Gasteiger partial charge in [-0.2, -0.15) is 5.26 Å². The molecule has 0 bridgehead atoms. The smallest absolute Gasteiger partial charge is 0.269 e. The molecule has 88 valence electrons. The molecular weight excluding hydrogens is 263 g/mol. The van der Waals surface area contributed by atoms with E-state index in [1.54, 1.807) is 6.07 Å². The molecule has 0 aliphatic heterocycles. The van der Waals surface area contributed by atoms with E-state index in [1.807, 2.05) is 0 Å². The van der Waals surface area contributed by atoms with Gasteiger partial charge in [0.05, 0.1) is 0 Å². The lowest BCUT2D eigenvalue weighted by molar-refractivity contribution is -0.112. The van der Waals surface area contributed by atoms with E-state index in [4.69, 9.17) is 33.6 Å². The monoisotopic (exact) mass is 270 g/mol. The second-order valence-electron chi connectivity index (χ2n) is 3.18. The van der Waals surface area contributed by atoms with Crippen molar-refractivity contribution in [2.75, 3.05) is 5.32 Å². The van der Waals surface area contributed by atoms with Crippen LogP contribution in [-0.4, -0.2) is 11.0 Å². The maximum atomic E-state index is 11.6. The molecule has 0 aromatic heterocycles. The van der Waals surface area contributed by atoms with Crippen molar-refractivity contribution in [2.24, 2.45) is 0 Å². The number of carbonyl (C=O) groups excluding carboxylic acids is 1. The summed E-state index contributed by atoms with van der Waals surface area (Å²) in [4.78, 5) is 11.6. The molecule has 0 aliphatic rings. The summed E-state index contributed by atoms with van der Waals surface area (Å²) in [5, 5.41) is 20.9. The number of hydrogen-bond donors (Lipinski definition) is 2. The van der Waals surface area contributed by atoms with Gasteiger partial charge in [0.1, 0.15) is 11.8 Å². The number of anilines is 1. The summed E-state index contributed by atoms with van der Waals surface area (Å²) in [6, 6.07) is 6.07. The van der Waals surface area contributed by atoms with Crippen LogP contribution in [0.3, 0.4) is 0 Å². The van der Waals surface area contributed by atoms with Gasteiger partial charge in [-0.1, -0.05) is 23.2 Å². The molecule has 1 aromatic rings. The van der Waals surface area contributed by atoms with Gasteiger partial charge in [0.2, 0.25) is 0 Å². The number of aliphatic hydroxyl groups is 1. The average molecular weight is 271 g/mol. The van der Waals surface area contributed by atoms with Crippen molar-refractivity contribution >= 4 is 34.8 Å². The topological polar surface area (TPSA) is 73.1 Å². The highest BCUT2D eigenvalue weighted by Gasteiger charge is 2.13. The first kappa shape index (κ1) is 13.4. The normalized spacial score (nSPS) is 11.4. The Morgan fingerprint density at radius 3 is 2.29 bits per heavy atom. The molecule has 0 radical (unpaired) electrons. The van der Waals surface area contributed by atoms with Crippen LogP contribution in [0.4, 0.5) is 5.69 Å². The molecule has 0 atom stereocenters. The summed E-state index contributed by atoms with van der Waals surface area (Å²) in [5.74, 6) is -1.07. The van der Waals surface area contributed by atoms with Gasteiger partial charge in [-0.25, -0.2) is 0 Å². The molecule has 0 unspecified atom stereocenters. The fraction of sp³-hybridized carbons (Fsp3) is 0.0909. The van der Waals surface area contributed by atoms with Gasteiger partial charge in [-0.15, -0.1) is 0 Å². The van der Waals surface area contributed by atoms with Crippen LogP contribution in [0, 0.1) is 11.3 Å². The third-order valence-electron chi connectivity index (χ3n) is 1.82. The fourth-order valence-electron chi connectivity index (χ4n) is 1.12. The molecule has 0 spiro atoms. The zero-order valence-corrected chi connectivity index (χ0v) is 10.3. The number of nitrogens with zero attached hydrogens (tertiary/aromatic N) is 1. The number of allylic oxidation sites excluding steroid dienone is 1. The Labute approximate surface area is 108 Å². The Hall–Kier alpha value is -1.70. The second kappa shape index (κ2) is 5.58. The lowest BCUT2D eigenvalue weighted by atomic mass is 10.2. The summed E-state index contributed by atoms with van der Waals surface area (Å²) in [5.41, 5.74) is -0.0115. The molecule has 0 saturated heterocycles. The maximum Gasteiger partial charge on any atom is 0.269 e. The largest absolute Gasteiger partial charge is 0.511 e. The SMILES string of the molecule is CC(O)=C(C#N)C(=O)Nc1cc(Cl)cc(Cl)c1.